The van der Waals surface area contributed by atoms with Crippen LogP contribution in [0.15, 0.2) is 83.3 Å². The molecule has 0 atom stereocenters. The number of thioether (sulfide) groups is 1. The number of carbonyl (C=O) groups excluding carboxylic acids is 1. The van der Waals surface area contributed by atoms with Crippen LogP contribution in [-0.4, -0.2) is 44.2 Å². The van der Waals surface area contributed by atoms with Crippen molar-refractivity contribution < 1.29 is 22.7 Å². The fourth-order valence-corrected chi connectivity index (χ4v) is 4.92. The van der Waals surface area contributed by atoms with E-state index in [0.717, 1.165) is 5.56 Å². The summed E-state index contributed by atoms with van der Waals surface area (Å²) in [7, 11) is 0. The lowest BCUT2D eigenvalue weighted by atomic mass is 10.1. The molecule has 1 fully saturated rings. The molecular formula is C25H15Cl2F3N6O2S. The average molecular weight is 591 g/mol. The Morgan fingerprint density at radius 1 is 1.00 bits per heavy atom. The van der Waals surface area contributed by atoms with Crippen molar-refractivity contribution in [3.8, 4) is 22.8 Å². The molecule has 39 heavy (non-hydrogen) atoms. The Kier molecular flexibility index (Phi) is 7.60. The first-order chi connectivity index (χ1) is 18.7. The average Bonchev–Trinajstić information content (AvgIpc) is 3.52. The Morgan fingerprint density at radius 2 is 1.69 bits per heavy atom. The monoisotopic (exact) mass is 590 g/mol. The third-order valence-electron chi connectivity index (χ3n) is 5.27. The summed E-state index contributed by atoms with van der Waals surface area (Å²) in [6.45, 7) is 0. The molecule has 0 unspecified atom stereocenters. The topological polar surface area (TPSA) is 85.0 Å². The second kappa shape index (κ2) is 11.1. The van der Waals surface area contributed by atoms with E-state index in [2.05, 4.69) is 25.0 Å². The molecule has 198 valence electrons. The van der Waals surface area contributed by atoms with Crippen LogP contribution in [0.4, 0.5) is 18.9 Å². The van der Waals surface area contributed by atoms with Crippen molar-refractivity contribution in [1.82, 2.24) is 14.8 Å². The summed E-state index contributed by atoms with van der Waals surface area (Å²) in [5, 5.41) is 13.7. The fraction of sp³-hybridized carbons (Fsp3) is 0.0800. The van der Waals surface area contributed by atoms with Gasteiger partial charge in [-0.3, -0.25) is 9.69 Å². The molecule has 3 aromatic carbocycles. The number of rotatable bonds is 6. The lowest BCUT2D eigenvalue weighted by Crippen LogP contribution is -2.29. The molecule has 1 aliphatic heterocycles. The van der Waals surface area contributed by atoms with Crippen molar-refractivity contribution in [3.05, 3.63) is 88.7 Å². The number of nitrogens with zero attached hydrogens (tertiary/aromatic N) is 6. The van der Waals surface area contributed by atoms with Crippen molar-refractivity contribution in [2.75, 3.05) is 10.7 Å². The van der Waals surface area contributed by atoms with Crippen LogP contribution < -0.4 is 9.64 Å². The summed E-state index contributed by atoms with van der Waals surface area (Å²) >= 11 is 13.8. The van der Waals surface area contributed by atoms with Crippen molar-refractivity contribution >= 4 is 57.9 Å². The summed E-state index contributed by atoms with van der Waals surface area (Å²) in [5.74, 6) is 0.0798. The Morgan fingerprint density at radius 3 is 2.36 bits per heavy atom. The van der Waals surface area contributed by atoms with Crippen LogP contribution >= 0.6 is 35.0 Å². The highest BCUT2D eigenvalue weighted by Gasteiger charge is 2.33. The van der Waals surface area contributed by atoms with Gasteiger partial charge in [-0.1, -0.05) is 65.3 Å². The number of aromatic nitrogens is 3. The van der Waals surface area contributed by atoms with Crippen LogP contribution in [-0.2, 0) is 4.79 Å². The number of ether oxygens (including phenoxy) is 1. The maximum absolute atomic E-state index is 12.4. The minimum absolute atomic E-state index is 0.190. The summed E-state index contributed by atoms with van der Waals surface area (Å²) in [6.07, 6.45) is -1.77. The number of benzene rings is 3. The highest BCUT2D eigenvalue weighted by Crippen LogP contribution is 2.38. The number of hydrogen-bond donors (Lipinski definition) is 0. The zero-order chi connectivity index (χ0) is 27.6. The Labute approximate surface area is 233 Å². The van der Waals surface area contributed by atoms with E-state index >= 15 is 0 Å². The maximum Gasteiger partial charge on any atom is 0.573 e. The van der Waals surface area contributed by atoms with Gasteiger partial charge >= 0.3 is 6.36 Å². The number of halogens is 5. The van der Waals surface area contributed by atoms with Gasteiger partial charge in [0.15, 0.2) is 11.0 Å². The molecule has 4 aromatic rings. The first-order valence-corrected chi connectivity index (χ1v) is 12.8. The summed E-state index contributed by atoms with van der Waals surface area (Å²) in [6, 6.07) is 17.4. The van der Waals surface area contributed by atoms with E-state index in [1.165, 1.54) is 58.2 Å². The first-order valence-electron chi connectivity index (χ1n) is 11.1. The van der Waals surface area contributed by atoms with Gasteiger partial charge in [-0.2, -0.15) is 5.10 Å². The van der Waals surface area contributed by atoms with Gasteiger partial charge in [0, 0.05) is 5.56 Å². The molecule has 8 nitrogen and oxygen atoms in total. The second-order valence-electron chi connectivity index (χ2n) is 7.89. The first kappa shape index (κ1) is 26.7. The quantitative estimate of drug-likeness (QED) is 0.186. The van der Waals surface area contributed by atoms with Gasteiger partial charge < -0.3 is 4.74 Å². The molecule has 1 aliphatic rings. The number of para-hydroxylation sites is 1. The molecule has 0 N–H and O–H groups in total. The molecule has 1 saturated heterocycles. The van der Waals surface area contributed by atoms with E-state index in [1.54, 1.807) is 42.5 Å². The normalized spacial score (nSPS) is 15.1. The maximum atomic E-state index is 12.4. The van der Waals surface area contributed by atoms with Crippen molar-refractivity contribution in [3.63, 3.8) is 0 Å². The molecule has 2 heterocycles. The van der Waals surface area contributed by atoms with Crippen molar-refractivity contribution in [1.29, 1.82) is 0 Å². The van der Waals surface area contributed by atoms with Crippen molar-refractivity contribution in [2.45, 2.75) is 6.36 Å². The Balaban J connectivity index is 1.27. The van der Waals surface area contributed by atoms with E-state index in [1.807, 2.05) is 0 Å². The fourth-order valence-electron chi connectivity index (χ4n) is 3.54. The molecule has 0 spiro atoms. The van der Waals surface area contributed by atoms with Crippen LogP contribution in [0.3, 0.4) is 0 Å². The molecule has 0 saturated carbocycles. The van der Waals surface area contributed by atoms with Gasteiger partial charge in [-0.05, 0) is 42.0 Å². The summed E-state index contributed by atoms with van der Waals surface area (Å²) in [5.41, 5.74) is 2.33. The number of alkyl halides is 3. The highest BCUT2D eigenvalue weighted by atomic mass is 35.5. The molecule has 1 amide bonds. The van der Waals surface area contributed by atoms with Crippen LogP contribution in [0.5, 0.6) is 5.75 Å². The van der Waals surface area contributed by atoms with Gasteiger partial charge in [-0.15, -0.1) is 23.4 Å². The molecule has 0 bridgehead atoms. The minimum Gasteiger partial charge on any atom is -0.406 e. The third kappa shape index (κ3) is 6.24. The van der Waals surface area contributed by atoms with E-state index in [0.29, 0.717) is 38.0 Å². The van der Waals surface area contributed by atoms with E-state index in [9.17, 15) is 18.0 Å². The Bertz CT molecular complexity index is 1550. The Hall–Kier alpha value is -3.87. The van der Waals surface area contributed by atoms with Gasteiger partial charge in [-0.25, -0.2) is 9.67 Å². The van der Waals surface area contributed by atoms with Gasteiger partial charge in [0.2, 0.25) is 5.91 Å². The lowest BCUT2D eigenvalue weighted by molar-refractivity contribution is -0.274. The van der Waals surface area contributed by atoms with Gasteiger partial charge in [0.05, 0.1) is 33.4 Å². The van der Waals surface area contributed by atoms with Gasteiger partial charge in [0.25, 0.3) is 0 Å². The number of amides is 1. The third-order valence-corrected chi connectivity index (χ3v) is 6.80. The molecular weight excluding hydrogens is 576 g/mol. The van der Waals surface area contributed by atoms with Crippen LogP contribution in [0.25, 0.3) is 17.1 Å². The van der Waals surface area contributed by atoms with E-state index < -0.39 is 6.36 Å². The zero-order valence-electron chi connectivity index (χ0n) is 19.5. The highest BCUT2D eigenvalue weighted by molar-refractivity contribution is 8.15. The lowest BCUT2D eigenvalue weighted by Gasteiger charge is -2.18. The minimum atomic E-state index is -4.76. The molecule has 14 heteroatoms. The summed E-state index contributed by atoms with van der Waals surface area (Å²) < 4.78 is 42.4. The molecule has 0 aliphatic carbocycles. The summed E-state index contributed by atoms with van der Waals surface area (Å²) in [4.78, 5) is 18.1. The largest absolute Gasteiger partial charge is 0.573 e. The van der Waals surface area contributed by atoms with Crippen LogP contribution in [0, 0.1) is 0 Å². The predicted molar refractivity (Wildman–Crippen MR) is 145 cm³/mol. The predicted octanol–water partition coefficient (Wildman–Crippen LogP) is 6.61. The van der Waals surface area contributed by atoms with Crippen LogP contribution in [0.1, 0.15) is 5.56 Å². The molecule has 1 aromatic heterocycles. The number of carbonyl (C=O) groups is 1. The van der Waals surface area contributed by atoms with E-state index in [4.69, 9.17) is 23.2 Å². The van der Waals surface area contributed by atoms with Gasteiger partial charge in [0.1, 0.15) is 12.1 Å². The number of amidine groups is 1. The number of hydrogen-bond acceptors (Lipinski definition) is 7. The standard InChI is InChI=1S/C25H15Cl2F3N6O2S/c26-19-2-1-3-20(27)22(19)36-21(37)13-39-24(36)33-32-12-15-4-6-16(7-5-15)23-31-14-35(34-23)17-8-10-18(11-9-17)38-25(28,29)30/h1-12,14H,13H2/b32-12+,33-24-. The second-order valence-corrected chi connectivity index (χ2v) is 9.65. The smallest absolute Gasteiger partial charge is 0.406 e. The zero-order valence-corrected chi connectivity index (χ0v) is 21.8. The molecule has 5 rings (SSSR count). The molecule has 0 radical (unpaired) electrons. The van der Waals surface area contributed by atoms with E-state index in [-0.39, 0.29) is 17.4 Å². The SMILES string of the molecule is O=C1CS/C(=N\N=C\c2ccc(-c3ncn(-c4ccc(OC(F)(F)F)cc4)n3)cc2)N1c1c(Cl)cccc1Cl. The van der Waals surface area contributed by atoms with Crippen molar-refractivity contribution in [2.24, 2.45) is 10.2 Å². The van der Waals surface area contributed by atoms with Crippen LogP contribution in [0.2, 0.25) is 10.0 Å². The number of anilines is 1.